The van der Waals surface area contributed by atoms with Gasteiger partial charge in [-0.2, -0.15) is 9.40 Å². The summed E-state index contributed by atoms with van der Waals surface area (Å²) in [5.41, 5.74) is 6.76. The zero-order valence-electron chi connectivity index (χ0n) is 11.8. The lowest BCUT2D eigenvalue weighted by Gasteiger charge is -2.16. The molecular formula is C12H22N4O2S. The van der Waals surface area contributed by atoms with Gasteiger partial charge in [0.15, 0.2) is 0 Å². The molecule has 0 amide bonds. The van der Waals surface area contributed by atoms with Crippen LogP contribution in [0.1, 0.15) is 30.7 Å². The van der Waals surface area contributed by atoms with E-state index in [0.29, 0.717) is 29.4 Å². The molecule has 7 heteroatoms. The van der Waals surface area contributed by atoms with Crippen molar-refractivity contribution in [1.29, 1.82) is 0 Å². The van der Waals surface area contributed by atoms with E-state index in [0.717, 1.165) is 19.3 Å². The second kappa shape index (κ2) is 5.22. The Balaban J connectivity index is 2.36. The standard InChI is InChI=1S/C12H22N4O2S/c1-9-12(10(2)16(14-9)8-4-7-13)19(17,18)15(3)11-5-6-11/h11H,4-8,13H2,1-3H3. The average molecular weight is 286 g/mol. The maximum absolute atomic E-state index is 12.6. The Hall–Kier alpha value is -0.920. The molecule has 0 bridgehead atoms. The summed E-state index contributed by atoms with van der Waals surface area (Å²) in [5.74, 6) is 0. The first-order chi connectivity index (χ1) is 8.89. The Kier molecular flexibility index (Phi) is 3.98. The van der Waals surface area contributed by atoms with Crippen molar-refractivity contribution < 1.29 is 8.42 Å². The van der Waals surface area contributed by atoms with Gasteiger partial charge in [-0.15, -0.1) is 0 Å². The molecule has 0 saturated heterocycles. The first-order valence-corrected chi connectivity index (χ1v) is 8.05. The van der Waals surface area contributed by atoms with Crippen LogP contribution in [0, 0.1) is 13.8 Å². The van der Waals surface area contributed by atoms with Crippen LogP contribution < -0.4 is 5.73 Å². The van der Waals surface area contributed by atoms with E-state index in [2.05, 4.69) is 5.10 Å². The summed E-state index contributed by atoms with van der Waals surface area (Å²) in [7, 11) is -1.77. The van der Waals surface area contributed by atoms with Crippen molar-refractivity contribution in [3.8, 4) is 0 Å². The van der Waals surface area contributed by atoms with E-state index >= 15 is 0 Å². The zero-order chi connectivity index (χ0) is 14.2. The minimum absolute atomic E-state index is 0.163. The molecule has 1 aliphatic carbocycles. The highest BCUT2D eigenvalue weighted by Gasteiger charge is 2.37. The summed E-state index contributed by atoms with van der Waals surface area (Å²) >= 11 is 0. The van der Waals surface area contributed by atoms with Gasteiger partial charge in [-0.3, -0.25) is 4.68 Å². The molecule has 1 aromatic rings. The van der Waals surface area contributed by atoms with E-state index in [9.17, 15) is 8.42 Å². The SMILES string of the molecule is Cc1nn(CCCN)c(C)c1S(=O)(=O)N(C)C1CC1. The molecule has 6 nitrogen and oxygen atoms in total. The van der Waals surface area contributed by atoms with Gasteiger partial charge in [0.25, 0.3) is 0 Å². The van der Waals surface area contributed by atoms with E-state index in [1.807, 2.05) is 6.92 Å². The number of nitrogens with zero attached hydrogens (tertiary/aromatic N) is 3. The van der Waals surface area contributed by atoms with Gasteiger partial charge < -0.3 is 5.73 Å². The number of nitrogens with two attached hydrogens (primary N) is 1. The lowest BCUT2D eigenvalue weighted by atomic mass is 10.4. The van der Waals surface area contributed by atoms with E-state index < -0.39 is 10.0 Å². The molecule has 1 aromatic heterocycles. The zero-order valence-corrected chi connectivity index (χ0v) is 12.6. The number of hydrogen-bond donors (Lipinski definition) is 1. The molecule has 0 atom stereocenters. The number of sulfonamides is 1. The molecule has 0 aromatic carbocycles. The molecular weight excluding hydrogens is 264 g/mol. The van der Waals surface area contributed by atoms with Gasteiger partial charge in [0.05, 0.1) is 11.4 Å². The molecule has 1 heterocycles. The number of rotatable bonds is 6. The minimum Gasteiger partial charge on any atom is -0.330 e. The van der Waals surface area contributed by atoms with Crippen molar-refractivity contribution in [3.05, 3.63) is 11.4 Å². The molecule has 2 rings (SSSR count). The van der Waals surface area contributed by atoms with Crippen LogP contribution in [-0.4, -0.2) is 42.1 Å². The largest absolute Gasteiger partial charge is 0.330 e. The molecule has 108 valence electrons. The van der Waals surface area contributed by atoms with Crippen LogP contribution in [0.25, 0.3) is 0 Å². The van der Waals surface area contributed by atoms with E-state index in [-0.39, 0.29) is 6.04 Å². The molecule has 2 N–H and O–H groups in total. The Labute approximate surface area is 114 Å². The number of aromatic nitrogens is 2. The van der Waals surface area contributed by atoms with Crippen LogP contribution in [0.5, 0.6) is 0 Å². The third-order valence-corrected chi connectivity index (χ3v) is 5.75. The highest BCUT2D eigenvalue weighted by Crippen LogP contribution is 2.32. The van der Waals surface area contributed by atoms with Crippen LogP contribution in [-0.2, 0) is 16.6 Å². The molecule has 0 aliphatic heterocycles. The van der Waals surface area contributed by atoms with Crippen LogP contribution in [0.3, 0.4) is 0 Å². The summed E-state index contributed by atoms with van der Waals surface area (Å²) < 4.78 is 28.4. The molecule has 1 fully saturated rings. The highest BCUT2D eigenvalue weighted by atomic mass is 32.2. The smallest absolute Gasteiger partial charge is 0.246 e. The van der Waals surface area contributed by atoms with E-state index in [4.69, 9.17) is 5.73 Å². The van der Waals surface area contributed by atoms with Gasteiger partial charge in [-0.05, 0) is 39.7 Å². The third kappa shape index (κ3) is 2.68. The Morgan fingerprint density at radius 1 is 1.42 bits per heavy atom. The van der Waals surface area contributed by atoms with Gasteiger partial charge in [-0.25, -0.2) is 8.42 Å². The maximum atomic E-state index is 12.6. The van der Waals surface area contributed by atoms with Crippen molar-refractivity contribution >= 4 is 10.0 Å². The molecule has 1 saturated carbocycles. The fraction of sp³-hybridized carbons (Fsp3) is 0.750. The Bertz CT molecular complexity index is 561. The van der Waals surface area contributed by atoms with E-state index in [1.54, 1.807) is 18.7 Å². The number of hydrogen-bond acceptors (Lipinski definition) is 4. The van der Waals surface area contributed by atoms with Gasteiger partial charge in [0.2, 0.25) is 10.0 Å². The predicted molar refractivity (Wildman–Crippen MR) is 73.3 cm³/mol. The summed E-state index contributed by atoms with van der Waals surface area (Å²) in [6, 6.07) is 0.163. The fourth-order valence-electron chi connectivity index (χ4n) is 2.29. The van der Waals surface area contributed by atoms with Crippen LogP contribution in [0.15, 0.2) is 4.90 Å². The second-order valence-corrected chi connectivity index (χ2v) is 7.05. The summed E-state index contributed by atoms with van der Waals surface area (Å²) in [5, 5.41) is 4.33. The normalized spacial score (nSPS) is 16.3. The molecule has 1 aliphatic rings. The van der Waals surface area contributed by atoms with Gasteiger partial charge in [-0.1, -0.05) is 0 Å². The van der Waals surface area contributed by atoms with Crippen LogP contribution >= 0.6 is 0 Å². The van der Waals surface area contributed by atoms with Crippen molar-refractivity contribution in [3.63, 3.8) is 0 Å². The summed E-state index contributed by atoms with van der Waals surface area (Å²) in [4.78, 5) is 0.360. The third-order valence-electron chi connectivity index (χ3n) is 3.59. The van der Waals surface area contributed by atoms with Crippen LogP contribution in [0.2, 0.25) is 0 Å². The minimum atomic E-state index is -3.42. The van der Waals surface area contributed by atoms with Crippen molar-refractivity contribution in [2.45, 2.75) is 50.6 Å². The summed E-state index contributed by atoms with van der Waals surface area (Å²) in [6.07, 6.45) is 2.70. The van der Waals surface area contributed by atoms with Crippen molar-refractivity contribution in [1.82, 2.24) is 14.1 Å². The molecule has 19 heavy (non-hydrogen) atoms. The van der Waals surface area contributed by atoms with Crippen molar-refractivity contribution in [2.24, 2.45) is 5.73 Å². The first-order valence-electron chi connectivity index (χ1n) is 6.61. The molecule has 0 spiro atoms. The van der Waals surface area contributed by atoms with E-state index in [1.165, 1.54) is 4.31 Å². The van der Waals surface area contributed by atoms with Gasteiger partial charge in [0, 0.05) is 19.6 Å². The van der Waals surface area contributed by atoms with Gasteiger partial charge in [0.1, 0.15) is 4.90 Å². The lowest BCUT2D eigenvalue weighted by Crippen LogP contribution is -2.29. The lowest BCUT2D eigenvalue weighted by molar-refractivity contribution is 0.463. The monoisotopic (exact) mass is 286 g/mol. The second-order valence-electron chi connectivity index (χ2n) is 5.12. The Morgan fingerprint density at radius 2 is 2.05 bits per heavy atom. The Morgan fingerprint density at radius 3 is 2.58 bits per heavy atom. The van der Waals surface area contributed by atoms with Crippen LogP contribution in [0.4, 0.5) is 0 Å². The average Bonchev–Trinajstić information content (AvgIpc) is 3.13. The molecule has 0 radical (unpaired) electrons. The fourth-order valence-corrected chi connectivity index (χ4v) is 4.08. The first kappa shape index (κ1) is 14.5. The van der Waals surface area contributed by atoms with Gasteiger partial charge >= 0.3 is 0 Å². The highest BCUT2D eigenvalue weighted by molar-refractivity contribution is 7.89. The quantitative estimate of drug-likeness (QED) is 0.831. The van der Waals surface area contributed by atoms with Crippen molar-refractivity contribution in [2.75, 3.05) is 13.6 Å². The maximum Gasteiger partial charge on any atom is 0.246 e. The topological polar surface area (TPSA) is 81.2 Å². The number of aryl methyl sites for hydroxylation is 2. The molecule has 0 unspecified atom stereocenters. The predicted octanol–water partition coefficient (Wildman–Crippen LogP) is 0.632. The summed E-state index contributed by atoms with van der Waals surface area (Å²) in [6.45, 7) is 4.79.